The number of nitrogens with one attached hydrogen (secondary N) is 3. The number of aromatic amines is 1. The summed E-state index contributed by atoms with van der Waals surface area (Å²) in [6.07, 6.45) is 6.00. The second-order valence-corrected chi connectivity index (χ2v) is 8.10. The first-order valence-corrected chi connectivity index (χ1v) is 11.0. The van der Waals surface area contributed by atoms with Crippen molar-refractivity contribution in [3.8, 4) is 11.4 Å². The molecule has 0 saturated heterocycles. The van der Waals surface area contributed by atoms with Crippen molar-refractivity contribution in [2.24, 2.45) is 0 Å². The van der Waals surface area contributed by atoms with Crippen LogP contribution in [0.3, 0.4) is 0 Å². The van der Waals surface area contributed by atoms with Crippen LogP contribution in [0.25, 0.3) is 22.3 Å². The molecule has 0 radical (unpaired) electrons. The Bertz CT molecular complexity index is 1270. The lowest BCUT2D eigenvalue weighted by Gasteiger charge is -2.09. The first-order chi connectivity index (χ1) is 15.7. The summed E-state index contributed by atoms with van der Waals surface area (Å²) in [5.74, 6) is 0.138. The molecule has 0 bridgehead atoms. The van der Waals surface area contributed by atoms with E-state index in [-0.39, 0.29) is 18.2 Å². The number of hydrogen-bond acceptors (Lipinski definition) is 3. The van der Waals surface area contributed by atoms with Crippen LogP contribution in [0.15, 0.2) is 60.8 Å². The van der Waals surface area contributed by atoms with Gasteiger partial charge in [0.15, 0.2) is 5.69 Å². The Labute approximate surface area is 185 Å². The van der Waals surface area contributed by atoms with Gasteiger partial charge in [-0.15, -0.1) is 0 Å². The van der Waals surface area contributed by atoms with E-state index >= 15 is 0 Å². The standard InChI is InChI=1S/C25H25N5O2/c31-22(15-18-16-26-20-12-7-6-11-19(18)20)28-29-25(32)23-21-13-5-2-8-14-30(21)24(27-23)17-9-3-1-4-10-17/h1,3-4,6-7,9-12,16,26H,2,5,8,13-15H2,(H,28,31)(H,29,32). The maximum Gasteiger partial charge on any atom is 0.290 e. The van der Waals surface area contributed by atoms with Crippen molar-refractivity contribution in [3.05, 3.63) is 77.7 Å². The third kappa shape index (κ3) is 3.89. The summed E-state index contributed by atoms with van der Waals surface area (Å²) in [5.41, 5.74) is 9.29. The third-order valence-corrected chi connectivity index (χ3v) is 5.96. The maximum absolute atomic E-state index is 13.0. The number of H-pyrrole nitrogens is 1. The number of hydrogen-bond donors (Lipinski definition) is 3. The van der Waals surface area contributed by atoms with E-state index in [0.717, 1.165) is 65.8 Å². The van der Waals surface area contributed by atoms with E-state index in [1.807, 2.05) is 60.8 Å². The van der Waals surface area contributed by atoms with Gasteiger partial charge in [-0.25, -0.2) is 4.98 Å². The Morgan fingerprint density at radius 3 is 2.66 bits per heavy atom. The van der Waals surface area contributed by atoms with E-state index < -0.39 is 0 Å². The third-order valence-electron chi connectivity index (χ3n) is 5.96. The number of imidazole rings is 1. The molecule has 5 rings (SSSR count). The van der Waals surface area contributed by atoms with Gasteiger partial charge in [0.25, 0.3) is 5.91 Å². The van der Waals surface area contributed by atoms with Gasteiger partial charge in [-0.1, -0.05) is 55.0 Å². The lowest BCUT2D eigenvalue weighted by molar-refractivity contribution is -0.121. The molecular formula is C25H25N5O2. The van der Waals surface area contributed by atoms with Gasteiger partial charge in [0.2, 0.25) is 5.91 Å². The molecule has 0 unspecified atom stereocenters. The fraction of sp³-hybridized carbons (Fsp3) is 0.240. The predicted octanol–water partition coefficient (Wildman–Crippen LogP) is 3.76. The topological polar surface area (TPSA) is 91.8 Å². The minimum Gasteiger partial charge on any atom is -0.361 e. The van der Waals surface area contributed by atoms with Gasteiger partial charge in [0.1, 0.15) is 5.82 Å². The van der Waals surface area contributed by atoms with Gasteiger partial charge in [-0.05, 0) is 30.9 Å². The average molecular weight is 428 g/mol. The SMILES string of the molecule is O=C(Cc1c[nH]c2ccccc12)NNC(=O)c1nc(-c2ccccc2)n2c1CCCCC2. The Kier molecular flexibility index (Phi) is 5.46. The zero-order valence-corrected chi connectivity index (χ0v) is 17.7. The quantitative estimate of drug-likeness (QED) is 0.433. The minimum absolute atomic E-state index is 0.168. The van der Waals surface area contributed by atoms with E-state index in [0.29, 0.717) is 5.69 Å². The van der Waals surface area contributed by atoms with Crippen molar-refractivity contribution in [3.63, 3.8) is 0 Å². The number of para-hydroxylation sites is 1. The van der Waals surface area contributed by atoms with Crippen molar-refractivity contribution in [2.45, 2.75) is 38.6 Å². The number of carbonyl (C=O) groups is 2. The molecule has 7 heteroatoms. The molecule has 0 spiro atoms. The van der Waals surface area contributed by atoms with Gasteiger partial charge < -0.3 is 9.55 Å². The van der Waals surface area contributed by atoms with Crippen LogP contribution in [0.5, 0.6) is 0 Å². The van der Waals surface area contributed by atoms with Crippen LogP contribution >= 0.6 is 0 Å². The number of nitrogens with zero attached hydrogens (tertiary/aromatic N) is 2. The Hall–Kier alpha value is -3.87. The van der Waals surface area contributed by atoms with Crippen LogP contribution in [0.4, 0.5) is 0 Å². The molecule has 2 amide bonds. The van der Waals surface area contributed by atoms with Gasteiger partial charge in [0.05, 0.1) is 12.1 Å². The molecule has 3 heterocycles. The average Bonchev–Trinajstić information content (AvgIpc) is 3.31. The van der Waals surface area contributed by atoms with Crippen molar-refractivity contribution in [2.75, 3.05) is 0 Å². The fourth-order valence-corrected chi connectivity index (χ4v) is 4.39. The van der Waals surface area contributed by atoms with Crippen LogP contribution < -0.4 is 10.9 Å². The Morgan fingerprint density at radius 1 is 0.969 bits per heavy atom. The van der Waals surface area contributed by atoms with Crippen molar-refractivity contribution in [1.82, 2.24) is 25.4 Å². The van der Waals surface area contributed by atoms with Crippen molar-refractivity contribution >= 4 is 22.7 Å². The van der Waals surface area contributed by atoms with Crippen LogP contribution in [0.1, 0.15) is 41.0 Å². The molecule has 0 fully saturated rings. The molecule has 0 aliphatic carbocycles. The second-order valence-electron chi connectivity index (χ2n) is 8.10. The fourth-order valence-electron chi connectivity index (χ4n) is 4.39. The number of aromatic nitrogens is 3. The molecule has 32 heavy (non-hydrogen) atoms. The largest absolute Gasteiger partial charge is 0.361 e. The zero-order valence-electron chi connectivity index (χ0n) is 17.7. The summed E-state index contributed by atoms with van der Waals surface area (Å²) in [4.78, 5) is 33.3. The molecule has 1 aliphatic rings. The lowest BCUT2D eigenvalue weighted by Crippen LogP contribution is -2.42. The summed E-state index contributed by atoms with van der Waals surface area (Å²) in [6, 6.07) is 17.7. The molecule has 7 nitrogen and oxygen atoms in total. The second kappa shape index (κ2) is 8.70. The summed E-state index contributed by atoms with van der Waals surface area (Å²) in [5, 5.41) is 1.00. The zero-order chi connectivity index (χ0) is 21.9. The highest BCUT2D eigenvalue weighted by Gasteiger charge is 2.24. The minimum atomic E-state index is -0.384. The molecule has 3 N–H and O–H groups in total. The molecule has 4 aromatic rings. The highest BCUT2D eigenvalue weighted by molar-refractivity contribution is 5.96. The number of fused-ring (bicyclic) bond motifs is 2. The first-order valence-electron chi connectivity index (χ1n) is 11.0. The van der Waals surface area contributed by atoms with E-state index in [2.05, 4.69) is 20.4 Å². The van der Waals surface area contributed by atoms with Gasteiger partial charge in [0, 0.05) is 29.2 Å². The van der Waals surface area contributed by atoms with E-state index in [1.165, 1.54) is 0 Å². The first kappa shape index (κ1) is 20.1. The number of benzene rings is 2. The maximum atomic E-state index is 13.0. The monoisotopic (exact) mass is 427 g/mol. The molecule has 162 valence electrons. The van der Waals surface area contributed by atoms with Crippen LogP contribution in [-0.2, 0) is 24.2 Å². The van der Waals surface area contributed by atoms with Crippen LogP contribution in [-0.4, -0.2) is 26.3 Å². The van der Waals surface area contributed by atoms with Crippen LogP contribution in [0.2, 0.25) is 0 Å². The van der Waals surface area contributed by atoms with Gasteiger partial charge in [-0.2, -0.15) is 0 Å². The molecule has 1 aliphatic heterocycles. The number of amides is 2. The Balaban J connectivity index is 1.33. The lowest BCUT2D eigenvalue weighted by atomic mass is 10.1. The molecular weight excluding hydrogens is 402 g/mol. The summed E-state index contributed by atoms with van der Waals surface area (Å²) >= 11 is 0. The number of hydrazine groups is 1. The summed E-state index contributed by atoms with van der Waals surface area (Å²) < 4.78 is 2.16. The number of carbonyl (C=O) groups excluding carboxylic acids is 2. The summed E-state index contributed by atoms with van der Waals surface area (Å²) in [6.45, 7) is 0.840. The molecule has 2 aromatic carbocycles. The highest BCUT2D eigenvalue weighted by Crippen LogP contribution is 2.27. The molecule has 2 aromatic heterocycles. The normalized spacial score (nSPS) is 13.4. The Morgan fingerprint density at radius 2 is 1.78 bits per heavy atom. The molecule has 0 saturated carbocycles. The van der Waals surface area contributed by atoms with E-state index in [4.69, 9.17) is 4.98 Å². The van der Waals surface area contributed by atoms with Gasteiger partial charge in [-0.3, -0.25) is 20.4 Å². The van der Waals surface area contributed by atoms with Crippen molar-refractivity contribution in [1.29, 1.82) is 0 Å². The van der Waals surface area contributed by atoms with Crippen molar-refractivity contribution < 1.29 is 9.59 Å². The van der Waals surface area contributed by atoms with Crippen LogP contribution in [0, 0.1) is 0 Å². The predicted molar refractivity (Wildman–Crippen MR) is 123 cm³/mol. The highest BCUT2D eigenvalue weighted by atomic mass is 16.2. The summed E-state index contributed by atoms with van der Waals surface area (Å²) in [7, 11) is 0. The van der Waals surface area contributed by atoms with E-state index in [9.17, 15) is 9.59 Å². The van der Waals surface area contributed by atoms with Gasteiger partial charge >= 0.3 is 0 Å². The van der Waals surface area contributed by atoms with E-state index in [1.54, 1.807) is 0 Å². The molecule has 0 atom stereocenters. The number of rotatable bonds is 4. The smallest absolute Gasteiger partial charge is 0.290 e.